The third-order valence-corrected chi connectivity index (χ3v) is 3.26. The summed E-state index contributed by atoms with van der Waals surface area (Å²) in [4.78, 5) is 10.8. The van der Waals surface area contributed by atoms with Crippen LogP contribution in [0.4, 0.5) is 0 Å². The van der Waals surface area contributed by atoms with Crippen molar-refractivity contribution in [3.63, 3.8) is 0 Å². The predicted octanol–water partition coefficient (Wildman–Crippen LogP) is 3.37. The molecule has 0 heterocycles. The van der Waals surface area contributed by atoms with E-state index in [9.17, 15) is 4.79 Å². The molecule has 0 aromatic heterocycles. The Hall–Kier alpha value is -0.240. The first kappa shape index (κ1) is 13.8. The zero-order valence-electron chi connectivity index (χ0n) is 9.98. The maximum absolute atomic E-state index is 11.7. The molecule has 0 aromatic carbocycles. The van der Waals surface area contributed by atoms with Crippen LogP contribution in [0, 0.1) is 5.92 Å². The van der Waals surface area contributed by atoms with Gasteiger partial charge in [-0.15, -0.1) is 11.6 Å². The second-order valence-corrected chi connectivity index (χ2v) is 5.53. The van der Waals surface area contributed by atoms with Crippen LogP contribution in [0.25, 0.3) is 0 Å². The standard InChI is InChI=1S/C11H21ClO2/c1-7-11(6,12)9(13)14-10(4,5)8(2)3/h8H,7H2,1-6H3. The molecule has 84 valence electrons. The van der Waals surface area contributed by atoms with Crippen LogP contribution in [0.5, 0.6) is 0 Å². The monoisotopic (exact) mass is 220 g/mol. The van der Waals surface area contributed by atoms with Gasteiger partial charge in [0, 0.05) is 0 Å². The summed E-state index contributed by atoms with van der Waals surface area (Å²) in [6.45, 7) is 11.4. The van der Waals surface area contributed by atoms with Gasteiger partial charge in [0.2, 0.25) is 0 Å². The lowest BCUT2D eigenvalue weighted by molar-refractivity contribution is -0.163. The first-order chi connectivity index (χ1) is 6.13. The van der Waals surface area contributed by atoms with Crippen molar-refractivity contribution in [3.8, 4) is 0 Å². The van der Waals surface area contributed by atoms with Crippen molar-refractivity contribution in [1.82, 2.24) is 0 Å². The van der Waals surface area contributed by atoms with Crippen molar-refractivity contribution in [2.45, 2.75) is 58.4 Å². The summed E-state index contributed by atoms with van der Waals surface area (Å²) in [6, 6.07) is 0. The van der Waals surface area contributed by atoms with E-state index >= 15 is 0 Å². The highest BCUT2D eigenvalue weighted by molar-refractivity contribution is 6.33. The number of esters is 1. The number of halogens is 1. The molecule has 0 saturated carbocycles. The van der Waals surface area contributed by atoms with Crippen molar-refractivity contribution >= 4 is 17.6 Å². The lowest BCUT2D eigenvalue weighted by Crippen LogP contribution is -2.40. The zero-order chi connectivity index (χ0) is 11.6. The van der Waals surface area contributed by atoms with Gasteiger partial charge in [-0.1, -0.05) is 20.8 Å². The van der Waals surface area contributed by atoms with E-state index in [-0.39, 0.29) is 11.9 Å². The number of carbonyl (C=O) groups is 1. The smallest absolute Gasteiger partial charge is 0.327 e. The van der Waals surface area contributed by atoms with E-state index in [0.717, 1.165) is 0 Å². The molecule has 0 fully saturated rings. The molecule has 0 rings (SSSR count). The summed E-state index contributed by atoms with van der Waals surface area (Å²) >= 11 is 6.01. The third-order valence-electron chi connectivity index (χ3n) is 2.84. The van der Waals surface area contributed by atoms with Crippen LogP contribution in [0.2, 0.25) is 0 Å². The van der Waals surface area contributed by atoms with E-state index in [4.69, 9.17) is 16.3 Å². The highest BCUT2D eigenvalue weighted by Crippen LogP contribution is 2.27. The number of alkyl halides is 1. The number of hydrogen-bond donors (Lipinski definition) is 0. The maximum atomic E-state index is 11.7. The number of hydrogen-bond acceptors (Lipinski definition) is 2. The van der Waals surface area contributed by atoms with Crippen molar-refractivity contribution in [2.75, 3.05) is 0 Å². The molecule has 0 amide bonds. The highest BCUT2D eigenvalue weighted by Gasteiger charge is 2.36. The Kier molecular flexibility index (Phi) is 4.44. The minimum atomic E-state index is -0.897. The summed E-state index contributed by atoms with van der Waals surface area (Å²) in [6.07, 6.45) is 0.571. The van der Waals surface area contributed by atoms with Gasteiger partial charge in [0.15, 0.2) is 0 Å². The van der Waals surface area contributed by atoms with Crippen LogP contribution < -0.4 is 0 Å². The Morgan fingerprint density at radius 2 is 1.79 bits per heavy atom. The van der Waals surface area contributed by atoms with Gasteiger partial charge < -0.3 is 4.74 Å². The summed E-state index contributed by atoms with van der Waals surface area (Å²) < 4.78 is 5.38. The van der Waals surface area contributed by atoms with Gasteiger partial charge in [-0.25, -0.2) is 0 Å². The van der Waals surface area contributed by atoms with Crippen molar-refractivity contribution in [3.05, 3.63) is 0 Å². The molecular weight excluding hydrogens is 200 g/mol. The fourth-order valence-corrected chi connectivity index (χ4v) is 0.646. The summed E-state index contributed by atoms with van der Waals surface area (Å²) in [5, 5.41) is 0. The molecule has 1 unspecified atom stereocenters. The van der Waals surface area contributed by atoms with Gasteiger partial charge in [0.1, 0.15) is 10.5 Å². The molecule has 0 aliphatic carbocycles. The number of carbonyl (C=O) groups excluding carboxylic acids is 1. The Labute approximate surface area is 92.0 Å². The normalized spacial score (nSPS) is 16.6. The Bertz CT molecular complexity index is 207. The lowest BCUT2D eigenvalue weighted by Gasteiger charge is -2.32. The van der Waals surface area contributed by atoms with Gasteiger partial charge in [-0.3, -0.25) is 4.79 Å². The van der Waals surface area contributed by atoms with E-state index in [1.54, 1.807) is 6.92 Å². The molecular formula is C11H21ClO2. The first-order valence-electron chi connectivity index (χ1n) is 5.06. The lowest BCUT2D eigenvalue weighted by atomic mass is 9.94. The van der Waals surface area contributed by atoms with Gasteiger partial charge in [0.05, 0.1) is 0 Å². The van der Waals surface area contributed by atoms with E-state index in [2.05, 4.69) is 0 Å². The van der Waals surface area contributed by atoms with Crippen LogP contribution in [-0.2, 0) is 9.53 Å². The van der Waals surface area contributed by atoms with Crippen molar-refractivity contribution in [2.24, 2.45) is 5.92 Å². The van der Waals surface area contributed by atoms with E-state index < -0.39 is 10.5 Å². The zero-order valence-corrected chi connectivity index (χ0v) is 10.7. The molecule has 0 aromatic rings. The summed E-state index contributed by atoms with van der Waals surface area (Å²) in [5.74, 6) is -0.0591. The Morgan fingerprint density at radius 1 is 1.36 bits per heavy atom. The SMILES string of the molecule is CCC(C)(Cl)C(=O)OC(C)(C)C(C)C. The molecule has 14 heavy (non-hydrogen) atoms. The summed E-state index contributed by atoms with van der Waals surface area (Å²) in [7, 11) is 0. The minimum Gasteiger partial charge on any atom is -0.458 e. The molecule has 0 aliphatic rings. The molecule has 2 nitrogen and oxygen atoms in total. The highest BCUT2D eigenvalue weighted by atomic mass is 35.5. The van der Waals surface area contributed by atoms with Gasteiger partial charge in [-0.2, -0.15) is 0 Å². The largest absolute Gasteiger partial charge is 0.458 e. The van der Waals surface area contributed by atoms with Crippen LogP contribution in [0.1, 0.15) is 48.0 Å². The topological polar surface area (TPSA) is 26.3 Å². The molecule has 3 heteroatoms. The van der Waals surface area contributed by atoms with Crippen LogP contribution in [0.3, 0.4) is 0 Å². The molecule has 0 radical (unpaired) electrons. The summed E-state index contributed by atoms with van der Waals surface area (Å²) in [5.41, 5.74) is -0.456. The van der Waals surface area contributed by atoms with Crippen LogP contribution >= 0.6 is 11.6 Å². The molecule has 0 N–H and O–H groups in total. The third kappa shape index (κ3) is 3.49. The predicted molar refractivity (Wildman–Crippen MR) is 59.6 cm³/mol. The van der Waals surface area contributed by atoms with Crippen molar-refractivity contribution < 1.29 is 9.53 Å². The minimum absolute atomic E-state index is 0.274. The molecule has 0 spiro atoms. The second kappa shape index (κ2) is 4.52. The molecule has 0 saturated heterocycles. The van der Waals surface area contributed by atoms with Gasteiger partial charge >= 0.3 is 5.97 Å². The Balaban J connectivity index is 4.48. The quantitative estimate of drug-likeness (QED) is 0.537. The van der Waals surface area contributed by atoms with E-state index in [0.29, 0.717) is 6.42 Å². The van der Waals surface area contributed by atoms with Crippen molar-refractivity contribution in [1.29, 1.82) is 0 Å². The first-order valence-corrected chi connectivity index (χ1v) is 5.43. The van der Waals surface area contributed by atoms with E-state index in [1.165, 1.54) is 0 Å². The van der Waals surface area contributed by atoms with Crippen LogP contribution in [0.15, 0.2) is 0 Å². The number of rotatable bonds is 4. The average Bonchev–Trinajstić information content (AvgIpc) is 2.03. The fraction of sp³-hybridized carbons (Fsp3) is 0.909. The molecule has 0 aliphatic heterocycles. The molecule has 1 atom stereocenters. The average molecular weight is 221 g/mol. The molecule has 0 bridgehead atoms. The maximum Gasteiger partial charge on any atom is 0.327 e. The van der Waals surface area contributed by atoms with E-state index in [1.807, 2.05) is 34.6 Å². The van der Waals surface area contributed by atoms with Gasteiger partial charge in [0.25, 0.3) is 0 Å². The fourth-order valence-electron chi connectivity index (χ4n) is 0.608. The van der Waals surface area contributed by atoms with Crippen LogP contribution in [-0.4, -0.2) is 16.4 Å². The number of ether oxygens (including phenoxy) is 1. The van der Waals surface area contributed by atoms with Gasteiger partial charge in [-0.05, 0) is 33.1 Å². The Morgan fingerprint density at radius 3 is 2.07 bits per heavy atom. The second-order valence-electron chi connectivity index (χ2n) is 4.70.